The van der Waals surface area contributed by atoms with Crippen LogP contribution < -0.4 is 0 Å². The highest BCUT2D eigenvalue weighted by atomic mass is 16.8. The molecule has 30 atom stereocenters. The van der Waals surface area contributed by atoms with Crippen molar-refractivity contribution >= 4 is 5.97 Å². The molecule has 0 bridgehead atoms. The Bertz CT molecular complexity index is 2400. The van der Waals surface area contributed by atoms with Crippen molar-refractivity contribution in [1.29, 1.82) is 0 Å². The van der Waals surface area contributed by atoms with Gasteiger partial charge in [0, 0.05) is 45.8 Å². The fourth-order valence-corrected chi connectivity index (χ4v) is 16.1. The molecule has 30 unspecified atom stereocenters. The van der Waals surface area contributed by atoms with Crippen LogP contribution in [0.4, 0.5) is 0 Å². The predicted octanol–water partition coefficient (Wildman–Crippen LogP) is 1.14. The zero-order valence-corrected chi connectivity index (χ0v) is 49.6. The van der Waals surface area contributed by atoms with Gasteiger partial charge in [-0.15, -0.1) is 0 Å². The number of carbonyl (C=O) groups excluding carboxylic acids is 1. The van der Waals surface area contributed by atoms with Gasteiger partial charge in [0.15, 0.2) is 31.5 Å². The van der Waals surface area contributed by atoms with Crippen molar-refractivity contribution in [2.45, 2.75) is 283 Å². The Morgan fingerprint density at radius 2 is 1.18 bits per heavy atom. The third-order valence-electron chi connectivity index (χ3n) is 21.1. The fourth-order valence-electron chi connectivity index (χ4n) is 16.1. The number of aliphatic hydroxyl groups is 10. The number of hydrogen-bond donors (Lipinski definition) is 10. The first kappa shape index (κ1) is 64.5. The number of methoxy groups -OCH3 is 2. The highest BCUT2D eigenvalue weighted by molar-refractivity contribution is 5.89. The topological polar surface area (TPSA) is 339 Å². The summed E-state index contributed by atoms with van der Waals surface area (Å²) < 4.78 is 80.6. The summed E-state index contributed by atoms with van der Waals surface area (Å²) in [7, 11) is 3.03. The molecule has 1 aromatic rings. The fraction of sp³-hybridized carbons (Fsp3) is 0.850. The summed E-state index contributed by atoms with van der Waals surface area (Å²) in [5.74, 6) is -1.22. The predicted molar refractivity (Wildman–Crippen MR) is 290 cm³/mol. The molecule has 0 aromatic heterocycles. The lowest BCUT2D eigenvalue weighted by atomic mass is 9.42. The van der Waals surface area contributed by atoms with Crippen LogP contribution in [0.1, 0.15) is 129 Å². The number of hydrogen-bond acceptors (Lipinski definition) is 24. The molecule has 10 N–H and O–H groups in total. The van der Waals surface area contributed by atoms with Crippen LogP contribution in [-0.2, 0) is 61.6 Å². The van der Waals surface area contributed by atoms with Gasteiger partial charge in [0.05, 0.1) is 78.6 Å². The highest BCUT2D eigenvalue weighted by Gasteiger charge is 2.81. The van der Waals surface area contributed by atoms with E-state index in [2.05, 4.69) is 6.92 Å². The summed E-state index contributed by atoms with van der Waals surface area (Å²) in [5.41, 5.74) is -6.49. The van der Waals surface area contributed by atoms with Crippen molar-refractivity contribution in [3.05, 3.63) is 47.5 Å². The van der Waals surface area contributed by atoms with Crippen LogP contribution in [0.5, 0.6) is 0 Å². The van der Waals surface area contributed by atoms with E-state index in [-0.39, 0.29) is 57.5 Å². The summed E-state index contributed by atoms with van der Waals surface area (Å²) in [6, 6.07) is 8.50. The van der Waals surface area contributed by atoms with E-state index in [1.54, 1.807) is 58.2 Å². The van der Waals surface area contributed by atoms with Gasteiger partial charge >= 0.3 is 5.97 Å². The molecule has 24 heteroatoms. The number of aliphatic hydroxyl groups excluding tert-OH is 7. The van der Waals surface area contributed by atoms with Crippen LogP contribution in [0, 0.1) is 16.7 Å². The quantitative estimate of drug-likeness (QED) is 0.0820. The van der Waals surface area contributed by atoms with Gasteiger partial charge in [-0.25, -0.2) is 4.79 Å². The molecule has 4 aliphatic carbocycles. The van der Waals surface area contributed by atoms with E-state index in [1.165, 1.54) is 14.0 Å². The molecule has 0 radical (unpaired) electrons. The minimum atomic E-state index is -1.94. The molecular weight excluding hydrogens is 1100 g/mol. The Morgan fingerprint density at radius 1 is 0.655 bits per heavy atom. The zero-order chi connectivity index (χ0) is 60.6. The minimum Gasteiger partial charge on any atom is -0.458 e. The van der Waals surface area contributed by atoms with Gasteiger partial charge in [0.2, 0.25) is 0 Å². The SMILES string of the molecule is COC1CC(OC2C(O)CC(OC3CCC4(C)C(=CCC5(O)C4CC(OC(=O)c4ccccc4)C4(C)C(O)(C(C)O)CCC54O)C3)OC2C)OC(C)C1OC1CC(O)C(OC2CC(OC)C(OC3OC(CO)C(O)C(O)C3O)C(C)O2)C(C)O1. The highest BCUT2D eigenvalue weighted by Crippen LogP contribution is 2.71. The van der Waals surface area contributed by atoms with Gasteiger partial charge in [0.1, 0.15) is 71.7 Å². The zero-order valence-electron chi connectivity index (χ0n) is 49.6. The van der Waals surface area contributed by atoms with Crippen molar-refractivity contribution < 1.29 is 117 Å². The first-order valence-electron chi connectivity index (χ1n) is 30.2. The summed E-state index contributed by atoms with van der Waals surface area (Å²) in [4.78, 5) is 13.8. The molecule has 9 aliphatic rings. The Hall–Kier alpha value is -2.45. The summed E-state index contributed by atoms with van der Waals surface area (Å²) in [6.45, 7) is 11.6. The second kappa shape index (κ2) is 25.1. The lowest BCUT2D eigenvalue weighted by Gasteiger charge is -2.67. The average molecular weight is 1200 g/mol. The van der Waals surface area contributed by atoms with Crippen LogP contribution in [-0.4, -0.2) is 242 Å². The molecule has 0 amide bonds. The Kier molecular flexibility index (Phi) is 19.3. The molecule has 0 spiro atoms. The molecule has 5 heterocycles. The van der Waals surface area contributed by atoms with Gasteiger partial charge in [-0.2, -0.15) is 0 Å². The van der Waals surface area contributed by atoms with Crippen LogP contribution in [0.3, 0.4) is 0 Å². The van der Waals surface area contributed by atoms with Gasteiger partial charge in [-0.05, 0) is 97.1 Å². The van der Waals surface area contributed by atoms with E-state index in [0.29, 0.717) is 24.8 Å². The third-order valence-corrected chi connectivity index (χ3v) is 21.1. The van der Waals surface area contributed by atoms with E-state index < -0.39 is 187 Å². The van der Waals surface area contributed by atoms with Crippen molar-refractivity contribution in [1.82, 2.24) is 0 Å². The van der Waals surface area contributed by atoms with Crippen molar-refractivity contribution in [2.24, 2.45) is 16.7 Å². The number of esters is 1. The molecule has 5 aliphatic heterocycles. The normalized spacial score (nSPS) is 51.0. The van der Waals surface area contributed by atoms with Crippen molar-refractivity contribution in [3.8, 4) is 0 Å². The van der Waals surface area contributed by atoms with Crippen LogP contribution in [0.15, 0.2) is 42.0 Å². The van der Waals surface area contributed by atoms with Gasteiger partial charge in [-0.1, -0.05) is 43.7 Å². The molecule has 1 aromatic carbocycles. The molecule has 3 saturated carbocycles. The Balaban J connectivity index is 0.707. The standard InChI is InChI=1S/C60H92O24/c1-28-50(81-45-24-38(72-8)52(30(3)76-45)83-44-23-37(64)51(29(2)75-44)82-46-25-39(73-9)53(31(4)77-46)84-55-49(67)48(66)47(65)40(27-61)79-55)36(63)22-43(74-28)78-35-16-17-56(6)34(21-35)15-18-59(70)41(56)26-42(80-54(68)33-13-11-10-12-14-33)57(7)58(69,32(5)62)19-20-60(57,59)71/h10-15,28-32,35-53,55,61-67,69-71H,16-27H2,1-9H3. The molecule has 8 fully saturated rings. The van der Waals surface area contributed by atoms with Crippen molar-refractivity contribution in [3.63, 3.8) is 0 Å². The van der Waals surface area contributed by atoms with Gasteiger partial charge < -0.3 is 113 Å². The molecule has 10 rings (SSSR count). The smallest absolute Gasteiger partial charge is 0.338 e. The number of rotatable bonds is 16. The van der Waals surface area contributed by atoms with Crippen LogP contribution in [0.25, 0.3) is 0 Å². The van der Waals surface area contributed by atoms with E-state index in [0.717, 1.165) is 5.57 Å². The molecule has 5 saturated heterocycles. The largest absolute Gasteiger partial charge is 0.458 e. The number of fused-ring (bicyclic) bond motifs is 5. The maximum Gasteiger partial charge on any atom is 0.338 e. The molecular formula is C60H92O24. The van der Waals surface area contributed by atoms with E-state index in [9.17, 15) is 55.9 Å². The van der Waals surface area contributed by atoms with E-state index in [4.69, 9.17) is 61.6 Å². The summed E-state index contributed by atoms with van der Waals surface area (Å²) in [5, 5.41) is 113. The van der Waals surface area contributed by atoms with Crippen LogP contribution >= 0.6 is 0 Å². The number of carbonyl (C=O) groups is 1. The summed E-state index contributed by atoms with van der Waals surface area (Å²) in [6.07, 6.45) is -17.9. The number of ether oxygens (including phenoxy) is 13. The Labute approximate surface area is 490 Å². The molecule has 476 valence electrons. The summed E-state index contributed by atoms with van der Waals surface area (Å²) >= 11 is 0. The second-order valence-corrected chi connectivity index (χ2v) is 25.8. The lowest BCUT2D eigenvalue weighted by molar-refractivity contribution is -0.358. The minimum absolute atomic E-state index is 0.00838. The second-order valence-electron chi connectivity index (χ2n) is 25.8. The molecule has 84 heavy (non-hydrogen) atoms. The number of benzene rings is 1. The Morgan fingerprint density at radius 3 is 1.71 bits per heavy atom. The maximum absolute atomic E-state index is 13.8. The first-order chi connectivity index (χ1) is 39.7. The van der Waals surface area contributed by atoms with E-state index >= 15 is 0 Å². The lowest BCUT2D eigenvalue weighted by Crippen LogP contribution is -2.78. The third kappa shape index (κ3) is 11.4. The van der Waals surface area contributed by atoms with Crippen LogP contribution in [0.2, 0.25) is 0 Å². The molecule has 24 nitrogen and oxygen atoms in total. The van der Waals surface area contributed by atoms with Gasteiger partial charge in [-0.3, -0.25) is 0 Å². The maximum atomic E-state index is 13.8. The van der Waals surface area contributed by atoms with Gasteiger partial charge in [0.25, 0.3) is 0 Å². The van der Waals surface area contributed by atoms with E-state index in [1.807, 2.05) is 19.9 Å². The first-order valence-corrected chi connectivity index (χ1v) is 30.2. The average Bonchev–Trinajstić information content (AvgIpc) is 1.35. The van der Waals surface area contributed by atoms with Crippen molar-refractivity contribution in [2.75, 3.05) is 20.8 Å². The monoisotopic (exact) mass is 1200 g/mol.